The lowest BCUT2D eigenvalue weighted by molar-refractivity contribution is 1.68. The van der Waals surface area contributed by atoms with Crippen LogP contribution in [0.15, 0.2) is 81.7 Å². The largest absolute Gasteiger partial charge is 0.0820 e. The average Bonchev–Trinajstić information content (AvgIpc) is 2.87. The molecule has 160 valence electrons. The van der Waals surface area contributed by atoms with Gasteiger partial charge in [0.25, 0.3) is 0 Å². The smallest absolute Gasteiger partial charge is 0.0752 e. The molecule has 0 radical (unpaired) electrons. The molecule has 0 spiro atoms. The lowest BCUT2D eigenvalue weighted by Crippen LogP contribution is -1.92. The molecular formula is C30H12Br2Cl2. The van der Waals surface area contributed by atoms with Crippen LogP contribution in [0.25, 0.3) is 75.4 Å². The summed E-state index contributed by atoms with van der Waals surface area (Å²) in [7, 11) is 0. The number of benzene rings is 8. The van der Waals surface area contributed by atoms with Crippen LogP contribution in [0.5, 0.6) is 0 Å². The molecule has 8 aromatic rings. The van der Waals surface area contributed by atoms with Crippen molar-refractivity contribution in [2.75, 3.05) is 0 Å². The summed E-state index contributed by atoms with van der Waals surface area (Å²) in [5.41, 5.74) is 0. The van der Waals surface area contributed by atoms with Crippen molar-refractivity contribution >= 4 is 130 Å². The molecule has 0 aliphatic rings. The number of hydrogen-bond acceptors (Lipinski definition) is 0. The molecule has 0 heterocycles. The summed E-state index contributed by atoms with van der Waals surface area (Å²) in [6.07, 6.45) is 0. The Bertz CT molecular complexity index is 2160. The highest BCUT2D eigenvalue weighted by Gasteiger charge is 2.22. The van der Waals surface area contributed by atoms with Crippen LogP contribution in [0.1, 0.15) is 0 Å². The van der Waals surface area contributed by atoms with Gasteiger partial charge in [-0.05, 0) is 126 Å². The van der Waals surface area contributed by atoms with Crippen molar-refractivity contribution in [3.8, 4) is 0 Å². The van der Waals surface area contributed by atoms with Crippen LogP contribution in [-0.2, 0) is 0 Å². The van der Waals surface area contributed by atoms with E-state index in [1.807, 2.05) is 0 Å². The maximum atomic E-state index is 6.89. The Labute approximate surface area is 221 Å². The van der Waals surface area contributed by atoms with Crippen molar-refractivity contribution < 1.29 is 0 Å². The molecule has 0 amide bonds. The van der Waals surface area contributed by atoms with Crippen molar-refractivity contribution in [1.29, 1.82) is 0 Å². The van der Waals surface area contributed by atoms with Gasteiger partial charge in [0.2, 0.25) is 0 Å². The molecule has 0 aromatic heterocycles. The van der Waals surface area contributed by atoms with Crippen LogP contribution in [0.3, 0.4) is 0 Å². The summed E-state index contributed by atoms with van der Waals surface area (Å²) < 4.78 is 1.70. The van der Waals surface area contributed by atoms with E-state index in [1.54, 1.807) is 0 Å². The predicted molar refractivity (Wildman–Crippen MR) is 157 cm³/mol. The summed E-state index contributed by atoms with van der Waals surface area (Å²) >= 11 is 20.9. The normalized spacial score (nSPS) is 12.7. The van der Waals surface area contributed by atoms with Crippen LogP contribution in [-0.4, -0.2) is 0 Å². The Morgan fingerprint density at radius 3 is 1.71 bits per heavy atom. The standard InChI is InChI=1S/C30H12Br2Cl2/c31-27-21-12-15-6-8-16-10-19-18-4-2-1-3-13(18)9-14-5-7-17-11-20(23(15)25(16)24(17)22(14)19)26(21)29(33)30(34)28(27)32/h1-12H. The lowest BCUT2D eigenvalue weighted by atomic mass is 9.84. The fourth-order valence-corrected chi connectivity index (χ4v) is 7.61. The van der Waals surface area contributed by atoms with Gasteiger partial charge in [-0.2, -0.15) is 0 Å². The summed E-state index contributed by atoms with van der Waals surface area (Å²) in [6.45, 7) is 0. The van der Waals surface area contributed by atoms with Gasteiger partial charge in [-0.15, -0.1) is 0 Å². The van der Waals surface area contributed by atoms with Crippen molar-refractivity contribution in [1.82, 2.24) is 0 Å². The molecular weight excluding hydrogens is 591 g/mol. The highest BCUT2D eigenvalue weighted by molar-refractivity contribution is 9.13. The minimum Gasteiger partial charge on any atom is -0.0820 e. The molecule has 0 aliphatic carbocycles. The van der Waals surface area contributed by atoms with Crippen molar-refractivity contribution in [3.63, 3.8) is 0 Å². The van der Waals surface area contributed by atoms with Crippen LogP contribution < -0.4 is 0 Å². The minimum absolute atomic E-state index is 0.527. The topological polar surface area (TPSA) is 0 Å². The first-order chi connectivity index (χ1) is 16.5. The molecule has 0 N–H and O–H groups in total. The van der Waals surface area contributed by atoms with E-state index in [1.165, 1.54) is 59.2 Å². The molecule has 34 heavy (non-hydrogen) atoms. The molecule has 0 fully saturated rings. The minimum atomic E-state index is 0.527. The van der Waals surface area contributed by atoms with Crippen molar-refractivity contribution in [2.24, 2.45) is 0 Å². The van der Waals surface area contributed by atoms with Crippen LogP contribution in [0.4, 0.5) is 0 Å². The van der Waals surface area contributed by atoms with Crippen molar-refractivity contribution in [3.05, 3.63) is 91.8 Å². The van der Waals surface area contributed by atoms with Crippen LogP contribution in [0.2, 0.25) is 10.0 Å². The summed E-state index contributed by atoms with van der Waals surface area (Å²) in [4.78, 5) is 0. The fourth-order valence-electron chi connectivity index (χ4n) is 5.97. The zero-order chi connectivity index (χ0) is 22.9. The molecule has 0 aliphatic heterocycles. The molecule has 4 heteroatoms. The van der Waals surface area contributed by atoms with Gasteiger partial charge in [-0.25, -0.2) is 0 Å². The van der Waals surface area contributed by atoms with Gasteiger partial charge < -0.3 is 0 Å². The third-order valence-electron chi connectivity index (χ3n) is 7.36. The second-order valence-electron chi connectivity index (χ2n) is 9.02. The van der Waals surface area contributed by atoms with Gasteiger partial charge >= 0.3 is 0 Å². The number of halogens is 4. The first-order valence-corrected chi connectivity index (χ1v) is 13.3. The maximum Gasteiger partial charge on any atom is 0.0752 e. The summed E-state index contributed by atoms with van der Waals surface area (Å²) in [5, 5.41) is 18.3. The summed E-state index contributed by atoms with van der Waals surface area (Å²) in [5.74, 6) is 0. The second-order valence-corrected chi connectivity index (χ2v) is 11.4. The Kier molecular flexibility index (Phi) is 3.89. The molecule has 0 saturated carbocycles. The summed E-state index contributed by atoms with van der Waals surface area (Å²) in [6, 6.07) is 26.8. The van der Waals surface area contributed by atoms with E-state index in [0.717, 1.165) is 25.1 Å². The van der Waals surface area contributed by atoms with Gasteiger partial charge in [0.15, 0.2) is 0 Å². The van der Waals surface area contributed by atoms with E-state index in [0.29, 0.717) is 10.0 Å². The molecule has 0 saturated heterocycles. The Morgan fingerprint density at radius 1 is 0.412 bits per heavy atom. The van der Waals surface area contributed by atoms with E-state index in [4.69, 9.17) is 23.2 Å². The van der Waals surface area contributed by atoms with Gasteiger partial charge in [-0.1, -0.05) is 71.7 Å². The zero-order valence-corrected chi connectivity index (χ0v) is 22.1. The number of fused-ring (bicyclic) bond motifs is 4. The van der Waals surface area contributed by atoms with Crippen LogP contribution in [0, 0.1) is 0 Å². The first kappa shape index (κ1) is 19.9. The third-order valence-corrected chi connectivity index (χ3v) is 10.6. The molecule has 8 aromatic carbocycles. The molecule has 0 atom stereocenters. The number of rotatable bonds is 0. The van der Waals surface area contributed by atoms with E-state index >= 15 is 0 Å². The Morgan fingerprint density at radius 2 is 0.971 bits per heavy atom. The highest BCUT2D eigenvalue weighted by Crippen LogP contribution is 2.51. The molecule has 8 rings (SSSR count). The zero-order valence-electron chi connectivity index (χ0n) is 17.4. The molecule has 0 bridgehead atoms. The van der Waals surface area contributed by atoms with E-state index in [-0.39, 0.29) is 0 Å². The van der Waals surface area contributed by atoms with E-state index in [9.17, 15) is 0 Å². The molecule has 0 unspecified atom stereocenters. The number of hydrogen-bond donors (Lipinski definition) is 0. The maximum absolute atomic E-state index is 6.89. The average molecular weight is 603 g/mol. The van der Waals surface area contributed by atoms with E-state index in [2.05, 4.69) is 105 Å². The van der Waals surface area contributed by atoms with Gasteiger partial charge in [0.1, 0.15) is 0 Å². The second kappa shape index (κ2) is 6.65. The monoisotopic (exact) mass is 600 g/mol. The van der Waals surface area contributed by atoms with Gasteiger partial charge in [0, 0.05) is 9.86 Å². The molecule has 0 nitrogen and oxygen atoms in total. The highest BCUT2D eigenvalue weighted by atomic mass is 79.9. The quantitative estimate of drug-likeness (QED) is 0.0701. The Balaban J connectivity index is 1.74. The Hall–Kier alpha value is -2.36. The lowest BCUT2D eigenvalue weighted by Gasteiger charge is -2.20. The predicted octanol–water partition coefficient (Wildman–Crippen LogP) is 11.5. The third kappa shape index (κ3) is 2.31. The fraction of sp³-hybridized carbons (Fsp3) is 0. The first-order valence-electron chi connectivity index (χ1n) is 11.0. The SMILES string of the molecule is Clc1c(Br)c(Br)c2cc3ccc4cc5c6ccccc6cc6ccc7cc(c2c1Cl)c3c4c7c65. The van der Waals surface area contributed by atoms with Crippen molar-refractivity contribution in [2.45, 2.75) is 0 Å². The van der Waals surface area contributed by atoms with Gasteiger partial charge in [-0.3, -0.25) is 0 Å². The van der Waals surface area contributed by atoms with E-state index < -0.39 is 0 Å². The van der Waals surface area contributed by atoms with Crippen LogP contribution >= 0.6 is 55.1 Å². The van der Waals surface area contributed by atoms with Gasteiger partial charge in [0.05, 0.1) is 14.5 Å².